The maximum atomic E-state index is 6.18. The Labute approximate surface area is 229 Å². The highest BCUT2D eigenvalue weighted by molar-refractivity contribution is 14.1. The third-order valence-electron chi connectivity index (χ3n) is 5.53. The van der Waals surface area contributed by atoms with Gasteiger partial charge in [-0.1, -0.05) is 24.3 Å². The van der Waals surface area contributed by atoms with E-state index in [1.807, 2.05) is 6.92 Å². The van der Waals surface area contributed by atoms with Crippen molar-refractivity contribution in [2.75, 3.05) is 13.4 Å². The summed E-state index contributed by atoms with van der Waals surface area (Å²) in [6.45, 7) is 3.25. The van der Waals surface area contributed by atoms with Crippen LogP contribution >= 0.6 is 55.7 Å². The Bertz CT molecular complexity index is 1390. The van der Waals surface area contributed by atoms with Gasteiger partial charge in [-0.2, -0.15) is 0 Å². The first kappa shape index (κ1) is 23.8. The van der Waals surface area contributed by atoms with Crippen LogP contribution in [0.3, 0.4) is 0 Å². The highest BCUT2D eigenvalue weighted by atomic mass is 127. The molecule has 1 heterocycles. The van der Waals surface area contributed by atoms with Crippen molar-refractivity contribution in [1.82, 2.24) is 0 Å². The lowest BCUT2D eigenvalue weighted by molar-refractivity contribution is 0.0208. The highest BCUT2D eigenvalue weighted by Gasteiger charge is 2.23. The van der Waals surface area contributed by atoms with Gasteiger partial charge in [-0.3, -0.25) is 0 Å². The van der Waals surface area contributed by atoms with E-state index in [0.717, 1.165) is 24.2 Å². The lowest BCUT2D eigenvalue weighted by Crippen LogP contribution is -2.07. The van der Waals surface area contributed by atoms with Gasteiger partial charge in [-0.05, 0) is 101 Å². The SMILES string of the molecule is CCOCOc1c(I)cc(I)cc1COc1ccc(-[s+]2c3ccccc3c3ccccc32)cc1. The normalized spacial score (nSPS) is 11.3. The second kappa shape index (κ2) is 10.8. The monoisotopic (exact) mass is 693 g/mol. The smallest absolute Gasteiger partial charge is 0.189 e. The van der Waals surface area contributed by atoms with Gasteiger partial charge in [-0.15, -0.1) is 0 Å². The van der Waals surface area contributed by atoms with Crippen LogP contribution in [-0.4, -0.2) is 13.4 Å². The van der Waals surface area contributed by atoms with Gasteiger partial charge in [0.15, 0.2) is 21.1 Å². The molecule has 0 saturated heterocycles. The van der Waals surface area contributed by atoms with E-state index < -0.39 is 0 Å². The average Bonchev–Trinajstić information content (AvgIpc) is 3.19. The molecular weight excluding hydrogens is 670 g/mol. The fraction of sp³-hybridized carbons (Fsp3) is 0.143. The zero-order valence-electron chi connectivity index (χ0n) is 18.6. The predicted molar refractivity (Wildman–Crippen MR) is 159 cm³/mol. The summed E-state index contributed by atoms with van der Waals surface area (Å²) in [5, 5.41) is 2.68. The van der Waals surface area contributed by atoms with Gasteiger partial charge in [0.05, 0.1) is 3.57 Å². The lowest BCUT2D eigenvalue weighted by atomic mass is 10.2. The predicted octanol–water partition coefficient (Wildman–Crippen LogP) is 8.89. The van der Waals surface area contributed by atoms with E-state index in [4.69, 9.17) is 14.2 Å². The van der Waals surface area contributed by atoms with Crippen LogP contribution in [0, 0.1) is 7.14 Å². The first-order valence-electron chi connectivity index (χ1n) is 11.0. The molecule has 0 aliphatic rings. The highest BCUT2D eigenvalue weighted by Crippen LogP contribution is 2.48. The van der Waals surface area contributed by atoms with E-state index in [9.17, 15) is 0 Å². The Morgan fingerprint density at radius 1 is 0.765 bits per heavy atom. The second-order valence-electron chi connectivity index (χ2n) is 7.69. The van der Waals surface area contributed by atoms with Gasteiger partial charge in [-0.25, -0.2) is 0 Å². The van der Waals surface area contributed by atoms with Crippen molar-refractivity contribution in [3.63, 3.8) is 0 Å². The quantitative estimate of drug-likeness (QED) is 0.0704. The van der Waals surface area contributed by atoms with Crippen molar-refractivity contribution in [2.24, 2.45) is 0 Å². The Morgan fingerprint density at radius 2 is 1.41 bits per heavy atom. The minimum Gasteiger partial charge on any atom is -0.489 e. The summed E-state index contributed by atoms with van der Waals surface area (Å²) < 4.78 is 22.4. The summed E-state index contributed by atoms with van der Waals surface area (Å²) >= 11 is 4.63. The third kappa shape index (κ3) is 4.91. The lowest BCUT2D eigenvalue weighted by Gasteiger charge is -2.15. The minimum absolute atomic E-state index is 0.0949. The van der Waals surface area contributed by atoms with Crippen molar-refractivity contribution in [3.8, 4) is 16.4 Å². The van der Waals surface area contributed by atoms with Crippen LogP contribution in [-0.2, 0) is 11.3 Å². The molecule has 0 aliphatic heterocycles. The molecule has 0 amide bonds. The van der Waals surface area contributed by atoms with Gasteiger partial charge in [0.25, 0.3) is 0 Å². The van der Waals surface area contributed by atoms with Crippen LogP contribution in [0.15, 0.2) is 84.9 Å². The van der Waals surface area contributed by atoms with Crippen LogP contribution in [0.5, 0.6) is 11.5 Å². The molecule has 172 valence electrons. The average molecular weight is 693 g/mol. The molecule has 3 nitrogen and oxygen atoms in total. The molecule has 0 bridgehead atoms. The fourth-order valence-corrected chi connectivity index (χ4v) is 8.51. The van der Waals surface area contributed by atoms with Crippen molar-refractivity contribution < 1.29 is 14.2 Å². The largest absolute Gasteiger partial charge is 0.489 e. The molecule has 0 saturated carbocycles. The Kier molecular flexibility index (Phi) is 7.58. The van der Waals surface area contributed by atoms with Crippen LogP contribution in [0.4, 0.5) is 0 Å². The second-order valence-corrected chi connectivity index (χ2v) is 12.1. The van der Waals surface area contributed by atoms with Gasteiger partial charge in [0.2, 0.25) is 0 Å². The number of rotatable bonds is 8. The minimum atomic E-state index is -0.0949. The zero-order valence-corrected chi connectivity index (χ0v) is 23.7. The van der Waals surface area contributed by atoms with Crippen molar-refractivity contribution in [1.29, 1.82) is 0 Å². The molecule has 4 aromatic carbocycles. The van der Waals surface area contributed by atoms with Gasteiger partial charge in [0, 0.05) is 49.1 Å². The number of halogens is 2. The van der Waals surface area contributed by atoms with E-state index in [2.05, 4.69) is 130 Å². The fourth-order valence-electron chi connectivity index (χ4n) is 4.01. The molecular formula is C28H23I2O3S+. The topological polar surface area (TPSA) is 27.7 Å². The van der Waals surface area contributed by atoms with E-state index in [-0.39, 0.29) is 17.3 Å². The molecule has 34 heavy (non-hydrogen) atoms. The van der Waals surface area contributed by atoms with Crippen molar-refractivity contribution in [2.45, 2.75) is 13.5 Å². The summed E-state index contributed by atoms with van der Waals surface area (Å²) in [5.41, 5.74) is 1.01. The standard InChI is InChI=1S/C28H23I2O3S/c1-2-31-18-33-28-19(15-20(29)16-25(28)30)17-32-21-11-13-22(14-12-21)34-26-9-5-3-7-23(26)24-8-4-6-10-27(24)34/h3-16H,2,17-18H2,1H3/q+1. The first-order valence-corrected chi connectivity index (χ1v) is 14.4. The van der Waals surface area contributed by atoms with Crippen LogP contribution < -0.4 is 9.47 Å². The van der Waals surface area contributed by atoms with Crippen LogP contribution in [0.25, 0.3) is 25.1 Å². The van der Waals surface area contributed by atoms with Gasteiger partial charge >= 0.3 is 0 Å². The number of thiophene rings is 1. The number of ether oxygens (including phenoxy) is 3. The molecule has 0 unspecified atom stereocenters. The van der Waals surface area contributed by atoms with Crippen molar-refractivity contribution >= 4 is 75.8 Å². The van der Waals surface area contributed by atoms with Crippen LogP contribution in [0.1, 0.15) is 12.5 Å². The summed E-state index contributed by atoms with van der Waals surface area (Å²) in [7, 11) is -0.0949. The molecule has 0 N–H and O–H groups in total. The summed E-state index contributed by atoms with van der Waals surface area (Å²) in [4.78, 5) is 1.30. The summed E-state index contributed by atoms with van der Waals surface area (Å²) in [6.07, 6.45) is 0. The third-order valence-corrected chi connectivity index (χ3v) is 9.29. The molecule has 0 spiro atoms. The molecule has 5 aromatic rings. The van der Waals surface area contributed by atoms with E-state index in [1.165, 1.54) is 25.1 Å². The molecule has 0 atom stereocenters. The molecule has 0 fully saturated rings. The number of hydrogen-bond acceptors (Lipinski definition) is 3. The zero-order chi connectivity index (χ0) is 23.5. The summed E-state index contributed by atoms with van der Waals surface area (Å²) in [6, 6.07) is 30.2. The Morgan fingerprint density at radius 3 is 2.06 bits per heavy atom. The number of fused-ring (bicyclic) bond motifs is 3. The molecule has 6 heteroatoms. The maximum Gasteiger partial charge on any atom is 0.189 e. The first-order chi connectivity index (χ1) is 16.7. The molecule has 1 aromatic heterocycles. The van der Waals surface area contributed by atoms with Crippen molar-refractivity contribution in [3.05, 3.63) is 97.6 Å². The van der Waals surface area contributed by atoms with E-state index in [1.54, 1.807) is 0 Å². The molecule has 0 aliphatic carbocycles. The molecule has 5 rings (SSSR count). The van der Waals surface area contributed by atoms with Gasteiger partial charge < -0.3 is 14.2 Å². The van der Waals surface area contributed by atoms with E-state index in [0.29, 0.717) is 13.2 Å². The summed E-state index contributed by atoms with van der Waals surface area (Å²) in [5.74, 6) is 1.67. The Hall–Kier alpha value is -1.88. The van der Waals surface area contributed by atoms with Crippen LogP contribution in [0.2, 0.25) is 0 Å². The number of hydrogen-bond donors (Lipinski definition) is 0. The van der Waals surface area contributed by atoms with Gasteiger partial charge in [0.1, 0.15) is 18.1 Å². The molecule has 0 radical (unpaired) electrons. The number of benzene rings is 4. The Balaban J connectivity index is 1.41. The maximum absolute atomic E-state index is 6.18. The van der Waals surface area contributed by atoms with E-state index >= 15 is 0 Å².